The van der Waals surface area contributed by atoms with Crippen LogP contribution in [0.25, 0.3) is 0 Å². The summed E-state index contributed by atoms with van der Waals surface area (Å²) < 4.78 is 5.83. The van der Waals surface area contributed by atoms with E-state index in [0.29, 0.717) is 23.3 Å². The number of amides is 1. The molecule has 2 N–H and O–H groups in total. The van der Waals surface area contributed by atoms with Crippen molar-refractivity contribution < 1.29 is 9.53 Å². The number of nitrogens with one attached hydrogen (secondary N) is 2. The standard InChI is InChI=1S/C18H27ClN4O2.HI/c1-3-20-18(22-13-17(24)23-10-6-7-11-23)21-12-14(2)25-16-9-5-4-8-15(16)19;/h4-5,8-9,14H,3,6-7,10-13H2,1-2H3,(H2,20,21,22);1H. The number of aliphatic imine (C=N–C) groups is 1. The minimum atomic E-state index is -0.0990. The van der Waals surface area contributed by atoms with Crippen molar-refractivity contribution in [2.75, 3.05) is 32.7 Å². The quantitative estimate of drug-likeness (QED) is 0.348. The maximum atomic E-state index is 12.1. The fourth-order valence-corrected chi connectivity index (χ4v) is 2.77. The van der Waals surface area contributed by atoms with Crippen LogP contribution in [0, 0.1) is 0 Å². The number of ether oxygens (including phenoxy) is 1. The lowest BCUT2D eigenvalue weighted by molar-refractivity contribution is -0.128. The van der Waals surface area contributed by atoms with E-state index in [4.69, 9.17) is 16.3 Å². The fourth-order valence-electron chi connectivity index (χ4n) is 2.59. The van der Waals surface area contributed by atoms with Gasteiger partial charge in [0.2, 0.25) is 5.91 Å². The van der Waals surface area contributed by atoms with Crippen molar-refractivity contribution >= 4 is 47.4 Å². The molecule has 146 valence electrons. The highest BCUT2D eigenvalue weighted by Gasteiger charge is 2.17. The number of carbonyl (C=O) groups is 1. The Hall–Kier alpha value is -1.22. The molecule has 0 bridgehead atoms. The Balaban J connectivity index is 0.00000338. The molecule has 1 unspecified atom stereocenters. The third-order valence-corrected chi connectivity index (χ3v) is 4.21. The highest BCUT2D eigenvalue weighted by Crippen LogP contribution is 2.23. The van der Waals surface area contributed by atoms with Crippen LogP contribution in [-0.2, 0) is 4.79 Å². The Bertz CT molecular complexity index is 594. The van der Waals surface area contributed by atoms with Crippen molar-refractivity contribution in [2.24, 2.45) is 4.99 Å². The van der Waals surface area contributed by atoms with Crippen molar-refractivity contribution in [3.8, 4) is 5.75 Å². The summed E-state index contributed by atoms with van der Waals surface area (Å²) in [6.45, 7) is 7.08. The molecule has 2 rings (SSSR count). The van der Waals surface area contributed by atoms with Crippen molar-refractivity contribution in [1.29, 1.82) is 0 Å². The molecule has 0 radical (unpaired) electrons. The molecule has 6 nitrogen and oxygen atoms in total. The van der Waals surface area contributed by atoms with Crippen molar-refractivity contribution in [2.45, 2.75) is 32.8 Å². The van der Waals surface area contributed by atoms with Crippen LogP contribution in [0.2, 0.25) is 5.02 Å². The summed E-state index contributed by atoms with van der Waals surface area (Å²) in [6.07, 6.45) is 2.08. The molecule has 1 aliphatic rings. The molecule has 1 heterocycles. The second-order valence-electron chi connectivity index (χ2n) is 6.02. The predicted octanol–water partition coefficient (Wildman–Crippen LogP) is 2.90. The summed E-state index contributed by atoms with van der Waals surface area (Å²) in [4.78, 5) is 18.3. The number of hydrogen-bond donors (Lipinski definition) is 2. The van der Waals surface area contributed by atoms with E-state index in [9.17, 15) is 4.79 Å². The van der Waals surface area contributed by atoms with E-state index in [1.54, 1.807) is 6.07 Å². The molecular weight excluding hydrogens is 467 g/mol. The summed E-state index contributed by atoms with van der Waals surface area (Å²) in [5.41, 5.74) is 0. The van der Waals surface area contributed by atoms with Crippen molar-refractivity contribution in [3.05, 3.63) is 29.3 Å². The lowest BCUT2D eigenvalue weighted by Gasteiger charge is -2.19. The Morgan fingerprint density at radius 3 is 2.65 bits per heavy atom. The van der Waals surface area contributed by atoms with E-state index >= 15 is 0 Å². The van der Waals surface area contributed by atoms with Gasteiger partial charge in [0.25, 0.3) is 0 Å². The second-order valence-corrected chi connectivity index (χ2v) is 6.43. The van der Waals surface area contributed by atoms with Gasteiger partial charge in [-0.1, -0.05) is 23.7 Å². The normalized spacial score (nSPS) is 15.2. The van der Waals surface area contributed by atoms with Gasteiger partial charge in [0.15, 0.2) is 5.96 Å². The van der Waals surface area contributed by atoms with Crippen LogP contribution in [0.4, 0.5) is 0 Å². The molecule has 1 saturated heterocycles. The number of benzene rings is 1. The first-order valence-electron chi connectivity index (χ1n) is 8.81. The van der Waals surface area contributed by atoms with Crippen LogP contribution >= 0.6 is 35.6 Å². The van der Waals surface area contributed by atoms with E-state index in [1.165, 1.54) is 0 Å². The summed E-state index contributed by atoms with van der Waals surface area (Å²) in [6, 6.07) is 7.39. The van der Waals surface area contributed by atoms with Crippen LogP contribution < -0.4 is 15.4 Å². The molecule has 0 saturated carbocycles. The van der Waals surface area contributed by atoms with Gasteiger partial charge in [-0.25, -0.2) is 4.99 Å². The van der Waals surface area contributed by atoms with Gasteiger partial charge in [0.05, 0.1) is 11.6 Å². The van der Waals surface area contributed by atoms with E-state index < -0.39 is 0 Å². The molecule has 1 aromatic rings. The zero-order valence-electron chi connectivity index (χ0n) is 15.3. The third-order valence-electron chi connectivity index (χ3n) is 3.90. The summed E-state index contributed by atoms with van der Waals surface area (Å²) >= 11 is 6.10. The molecule has 0 aliphatic carbocycles. The number of halogens is 2. The van der Waals surface area contributed by atoms with Gasteiger partial charge in [0.1, 0.15) is 18.4 Å². The number of likely N-dealkylation sites (tertiary alicyclic amines) is 1. The van der Waals surface area contributed by atoms with E-state index in [1.807, 2.05) is 36.9 Å². The second kappa shape index (κ2) is 12.2. The largest absolute Gasteiger partial charge is 0.487 e. The smallest absolute Gasteiger partial charge is 0.244 e. The maximum absolute atomic E-state index is 12.1. The minimum Gasteiger partial charge on any atom is -0.487 e. The molecule has 26 heavy (non-hydrogen) atoms. The topological polar surface area (TPSA) is 66.0 Å². The highest BCUT2D eigenvalue weighted by molar-refractivity contribution is 14.0. The SMILES string of the molecule is CCNC(=NCC(=O)N1CCCC1)NCC(C)Oc1ccccc1Cl.I. The minimum absolute atomic E-state index is 0. The average Bonchev–Trinajstić information content (AvgIpc) is 3.14. The van der Waals surface area contributed by atoms with Crippen LogP contribution in [0.5, 0.6) is 5.75 Å². The molecule has 8 heteroatoms. The van der Waals surface area contributed by atoms with Gasteiger partial charge in [-0.15, -0.1) is 24.0 Å². The summed E-state index contributed by atoms with van der Waals surface area (Å²) in [7, 11) is 0. The number of nitrogens with zero attached hydrogens (tertiary/aromatic N) is 2. The molecule has 1 fully saturated rings. The lowest BCUT2D eigenvalue weighted by Crippen LogP contribution is -2.42. The van der Waals surface area contributed by atoms with Crippen molar-refractivity contribution in [1.82, 2.24) is 15.5 Å². The molecule has 1 amide bonds. The molecule has 0 aromatic heterocycles. The van der Waals surface area contributed by atoms with Crippen LogP contribution in [0.15, 0.2) is 29.3 Å². The van der Waals surface area contributed by atoms with Gasteiger partial charge in [-0.3, -0.25) is 4.79 Å². The third kappa shape index (κ3) is 7.57. The number of guanidine groups is 1. The highest BCUT2D eigenvalue weighted by atomic mass is 127. The molecule has 1 atom stereocenters. The average molecular weight is 495 g/mol. The number of carbonyl (C=O) groups excluding carboxylic acids is 1. The predicted molar refractivity (Wildman–Crippen MR) is 117 cm³/mol. The maximum Gasteiger partial charge on any atom is 0.244 e. The first-order valence-corrected chi connectivity index (χ1v) is 9.19. The Kier molecular flexibility index (Phi) is 10.7. The first kappa shape index (κ1) is 22.8. The van der Waals surface area contributed by atoms with Gasteiger partial charge in [-0.05, 0) is 38.8 Å². The Morgan fingerprint density at radius 2 is 2.00 bits per heavy atom. The number of hydrogen-bond acceptors (Lipinski definition) is 3. The lowest BCUT2D eigenvalue weighted by atomic mass is 10.3. The van der Waals surface area contributed by atoms with Crippen molar-refractivity contribution in [3.63, 3.8) is 0 Å². The molecule has 1 aromatic carbocycles. The summed E-state index contributed by atoms with van der Waals surface area (Å²) in [5.74, 6) is 1.35. The van der Waals surface area contributed by atoms with E-state index in [0.717, 1.165) is 32.5 Å². The Labute approximate surface area is 177 Å². The molecular formula is C18H28ClIN4O2. The Morgan fingerprint density at radius 1 is 1.31 bits per heavy atom. The summed E-state index contributed by atoms with van der Waals surface area (Å²) in [5, 5.41) is 6.94. The van der Waals surface area contributed by atoms with E-state index in [-0.39, 0.29) is 42.5 Å². The fraction of sp³-hybridized carbons (Fsp3) is 0.556. The van der Waals surface area contributed by atoms with Crippen LogP contribution in [0.3, 0.4) is 0 Å². The zero-order valence-corrected chi connectivity index (χ0v) is 18.4. The zero-order chi connectivity index (χ0) is 18.1. The first-order chi connectivity index (χ1) is 12.1. The van der Waals surface area contributed by atoms with Crippen LogP contribution in [0.1, 0.15) is 26.7 Å². The van der Waals surface area contributed by atoms with Gasteiger partial charge >= 0.3 is 0 Å². The molecule has 1 aliphatic heterocycles. The molecule has 0 spiro atoms. The van der Waals surface area contributed by atoms with Gasteiger partial charge in [-0.2, -0.15) is 0 Å². The van der Waals surface area contributed by atoms with Gasteiger partial charge in [0, 0.05) is 19.6 Å². The number of rotatable bonds is 7. The van der Waals surface area contributed by atoms with E-state index in [2.05, 4.69) is 15.6 Å². The monoisotopic (exact) mass is 494 g/mol. The van der Waals surface area contributed by atoms with Gasteiger partial charge < -0.3 is 20.3 Å². The number of para-hydroxylation sites is 1. The van der Waals surface area contributed by atoms with Crippen LogP contribution in [-0.4, -0.2) is 55.6 Å².